The highest BCUT2D eigenvalue weighted by molar-refractivity contribution is 5.95. The van der Waals surface area contributed by atoms with Crippen molar-refractivity contribution in [3.8, 4) is 11.3 Å². The maximum absolute atomic E-state index is 11.2. The minimum atomic E-state index is -1.25. The third-order valence-corrected chi connectivity index (χ3v) is 3.24. The fourth-order valence-corrected chi connectivity index (χ4v) is 2.25. The molecule has 0 atom stereocenters. The lowest BCUT2D eigenvalue weighted by Crippen LogP contribution is -2.23. The molecule has 7 nitrogen and oxygen atoms in total. The first-order chi connectivity index (χ1) is 10.6. The van der Waals surface area contributed by atoms with Crippen LogP contribution < -0.4 is 16.2 Å². The van der Waals surface area contributed by atoms with E-state index in [-0.39, 0.29) is 11.5 Å². The number of nitrogens with one attached hydrogen (secondary N) is 1. The lowest BCUT2D eigenvalue weighted by molar-refractivity contribution is -0.254. The van der Waals surface area contributed by atoms with Gasteiger partial charge in [0, 0.05) is 18.2 Å². The van der Waals surface area contributed by atoms with E-state index in [1.165, 1.54) is 6.07 Å². The highest BCUT2D eigenvalue weighted by Gasteiger charge is 2.11. The molecule has 110 valence electrons. The Hall–Kier alpha value is -3.22. The minimum absolute atomic E-state index is 0.0743. The Morgan fingerprint density at radius 1 is 1.14 bits per heavy atom. The zero-order valence-corrected chi connectivity index (χ0v) is 11.7. The summed E-state index contributed by atoms with van der Waals surface area (Å²) < 4.78 is 0. The van der Waals surface area contributed by atoms with Gasteiger partial charge in [0.2, 0.25) is 5.95 Å². The summed E-state index contributed by atoms with van der Waals surface area (Å²) in [6, 6.07) is 10.0. The predicted octanol–water partition coefficient (Wildman–Crippen LogP) is 0.679. The van der Waals surface area contributed by atoms with Gasteiger partial charge in [-0.15, -0.1) is 0 Å². The van der Waals surface area contributed by atoms with Gasteiger partial charge in [-0.2, -0.15) is 9.97 Å². The molecule has 0 bridgehead atoms. The smallest absolute Gasteiger partial charge is 0.224 e. The summed E-state index contributed by atoms with van der Waals surface area (Å²) in [5, 5.41) is 14.8. The topological polar surface area (TPSA) is 117 Å². The number of nitrogens with two attached hydrogens (primary N) is 1. The third kappa shape index (κ3) is 2.28. The Bertz CT molecular complexity index is 879. The van der Waals surface area contributed by atoms with Crippen molar-refractivity contribution in [3.05, 3.63) is 42.0 Å². The van der Waals surface area contributed by atoms with Gasteiger partial charge < -0.3 is 21.0 Å². The molecule has 0 unspecified atom stereocenters. The average molecular weight is 294 g/mol. The van der Waals surface area contributed by atoms with E-state index in [9.17, 15) is 9.90 Å². The molecule has 0 saturated carbocycles. The lowest BCUT2D eigenvalue weighted by Gasteiger charge is -2.11. The number of anilines is 2. The van der Waals surface area contributed by atoms with E-state index < -0.39 is 5.97 Å². The van der Waals surface area contributed by atoms with Crippen molar-refractivity contribution in [1.82, 2.24) is 15.0 Å². The van der Waals surface area contributed by atoms with Crippen molar-refractivity contribution >= 4 is 28.8 Å². The number of hydrogen-bond acceptors (Lipinski definition) is 7. The van der Waals surface area contributed by atoms with Gasteiger partial charge in [-0.25, -0.2) is 4.98 Å². The first-order valence-electron chi connectivity index (χ1n) is 6.53. The first kappa shape index (κ1) is 13.7. The molecular formula is C15H12N5O2-. The molecular weight excluding hydrogens is 282 g/mol. The Morgan fingerprint density at radius 2 is 1.91 bits per heavy atom. The van der Waals surface area contributed by atoms with Crippen molar-refractivity contribution in [2.45, 2.75) is 0 Å². The number of aromatic nitrogens is 3. The summed E-state index contributed by atoms with van der Waals surface area (Å²) >= 11 is 0. The van der Waals surface area contributed by atoms with Crippen LogP contribution in [-0.4, -0.2) is 28.0 Å². The van der Waals surface area contributed by atoms with E-state index in [0.29, 0.717) is 28.1 Å². The van der Waals surface area contributed by atoms with Crippen LogP contribution >= 0.6 is 0 Å². The summed E-state index contributed by atoms with van der Waals surface area (Å²) in [6.07, 6.45) is 0. The van der Waals surface area contributed by atoms with Gasteiger partial charge >= 0.3 is 0 Å². The molecule has 0 aliphatic heterocycles. The maximum atomic E-state index is 11.2. The van der Waals surface area contributed by atoms with Crippen LogP contribution in [-0.2, 0) is 0 Å². The standard InChI is InChI=1S/C15H13N5O2/c1-17-12-10-6-7-11(18-13(10)20-15(16)19-12)8-4-2-3-5-9(8)14(21)22/h2-7H,1H3,(H,21,22)(H3,16,17,18,19,20)/p-1. The van der Waals surface area contributed by atoms with Crippen LogP contribution in [0.4, 0.5) is 11.8 Å². The van der Waals surface area contributed by atoms with Crippen LogP contribution in [0.3, 0.4) is 0 Å². The molecule has 0 aliphatic carbocycles. The second-order valence-electron chi connectivity index (χ2n) is 4.58. The van der Waals surface area contributed by atoms with Crippen molar-refractivity contribution in [2.75, 3.05) is 18.1 Å². The quantitative estimate of drug-likeness (QED) is 0.729. The number of carbonyl (C=O) groups excluding carboxylic acids is 1. The van der Waals surface area contributed by atoms with Crippen LogP contribution in [0.1, 0.15) is 10.4 Å². The molecule has 22 heavy (non-hydrogen) atoms. The van der Waals surface area contributed by atoms with Crippen LogP contribution in [0.15, 0.2) is 36.4 Å². The summed E-state index contributed by atoms with van der Waals surface area (Å²) in [5.41, 5.74) is 7.07. The van der Waals surface area contributed by atoms with Gasteiger partial charge in [-0.3, -0.25) is 0 Å². The zero-order valence-electron chi connectivity index (χ0n) is 11.7. The molecule has 3 aromatic rings. The van der Waals surface area contributed by atoms with Crippen molar-refractivity contribution in [2.24, 2.45) is 0 Å². The van der Waals surface area contributed by atoms with E-state index in [1.54, 1.807) is 37.4 Å². The van der Waals surface area contributed by atoms with E-state index in [0.717, 1.165) is 0 Å². The summed E-state index contributed by atoms with van der Waals surface area (Å²) in [4.78, 5) is 23.8. The molecule has 0 spiro atoms. The summed E-state index contributed by atoms with van der Waals surface area (Å²) in [5.74, 6) is -0.597. The Balaban J connectivity index is 2.24. The third-order valence-electron chi connectivity index (χ3n) is 3.24. The molecule has 1 aromatic carbocycles. The lowest BCUT2D eigenvalue weighted by atomic mass is 10.0. The first-order valence-corrected chi connectivity index (χ1v) is 6.53. The average Bonchev–Trinajstić information content (AvgIpc) is 2.53. The number of carboxylic acid groups (broad SMARTS) is 1. The van der Waals surface area contributed by atoms with Crippen LogP contribution in [0.5, 0.6) is 0 Å². The van der Waals surface area contributed by atoms with Gasteiger partial charge in [0.05, 0.1) is 17.0 Å². The fourth-order valence-electron chi connectivity index (χ4n) is 2.25. The predicted molar refractivity (Wildman–Crippen MR) is 81.1 cm³/mol. The number of fused-ring (bicyclic) bond motifs is 1. The Labute approximate surface area is 125 Å². The monoisotopic (exact) mass is 294 g/mol. The van der Waals surface area contributed by atoms with Crippen LogP contribution in [0.2, 0.25) is 0 Å². The summed E-state index contributed by atoms with van der Waals surface area (Å²) in [7, 11) is 1.72. The van der Waals surface area contributed by atoms with Crippen molar-refractivity contribution in [1.29, 1.82) is 0 Å². The normalized spacial score (nSPS) is 10.6. The highest BCUT2D eigenvalue weighted by atomic mass is 16.4. The molecule has 3 rings (SSSR count). The largest absolute Gasteiger partial charge is 0.545 e. The molecule has 0 saturated heterocycles. The van der Waals surface area contributed by atoms with E-state index in [4.69, 9.17) is 5.73 Å². The van der Waals surface area contributed by atoms with E-state index >= 15 is 0 Å². The van der Waals surface area contributed by atoms with Crippen molar-refractivity contribution < 1.29 is 9.90 Å². The fraction of sp³-hybridized carbons (Fsp3) is 0.0667. The SMILES string of the molecule is CNc1nc(N)nc2nc(-c3ccccc3C(=O)[O-])ccc12. The van der Waals surface area contributed by atoms with Gasteiger partial charge in [0.1, 0.15) is 5.82 Å². The number of rotatable bonds is 3. The number of carbonyl (C=O) groups is 1. The second-order valence-corrected chi connectivity index (χ2v) is 4.58. The van der Waals surface area contributed by atoms with Crippen molar-refractivity contribution in [3.63, 3.8) is 0 Å². The van der Waals surface area contributed by atoms with E-state index in [1.807, 2.05) is 0 Å². The molecule has 2 aromatic heterocycles. The maximum Gasteiger partial charge on any atom is 0.224 e. The molecule has 0 amide bonds. The highest BCUT2D eigenvalue weighted by Crippen LogP contribution is 2.26. The second kappa shape index (κ2) is 5.28. The number of aromatic carboxylic acids is 1. The molecule has 0 aliphatic rings. The zero-order chi connectivity index (χ0) is 15.7. The number of benzene rings is 1. The Morgan fingerprint density at radius 3 is 2.64 bits per heavy atom. The van der Waals surface area contributed by atoms with Crippen LogP contribution in [0, 0.1) is 0 Å². The molecule has 0 fully saturated rings. The number of nitrogen functional groups attached to an aromatic ring is 1. The number of pyridine rings is 1. The molecule has 0 radical (unpaired) electrons. The number of hydrogen-bond donors (Lipinski definition) is 2. The molecule has 2 heterocycles. The minimum Gasteiger partial charge on any atom is -0.545 e. The van der Waals surface area contributed by atoms with E-state index in [2.05, 4.69) is 20.3 Å². The number of carboxylic acids is 1. The molecule has 3 N–H and O–H groups in total. The van der Waals surface area contributed by atoms with Gasteiger partial charge in [-0.05, 0) is 12.1 Å². The Kier molecular flexibility index (Phi) is 3.30. The summed E-state index contributed by atoms with van der Waals surface area (Å²) in [6.45, 7) is 0. The number of nitrogens with zero attached hydrogens (tertiary/aromatic N) is 3. The van der Waals surface area contributed by atoms with Crippen LogP contribution in [0.25, 0.3) is 22.3 Å². The van der Waals surface area contributed by atoms with Gasteiger partial charge in [-0.1, -0.05) is 24.3 Å². The molecule has 7 heteroatoms. The van der Waals surface area contributed by atoms with Gasteiger partial charge in [0.25, 0.3) is 0 Å². The van der Waals surface area contributed by atoms with Gasteiger partial charge in [0.15, 0.2) is 5.65 Å².